The number of nitrogens with zero attached hydrogens (tertiary/aromatic N) is 2. The molecule has 3 nitrogen and oxygen atoms in total. The first-order valence-corrected chi connectivity index (χ1v) is 3.57. The molecule has 1 rings (SSSR count). The predicted molar refractivity (Wildman–Crippen MR) is 43.2 cm³/mol. The smallest absolute Gasteiger partial charge is 0.118 e. The molecule has 0 N–H and O–H groups in total. The van der Waals surface area contributed by atoms with Crippen molar-refractivity contribution in [1.29, 1.82) is 0 Å². The standard InChI is InChI=1S/C8H12N2O/c1-8(9-10-11-2)6-4-3-5-7-8/h4-7H,3H2,1-2H3/b10-9+. The van der Waals surface area contributed by atoms with Gasteiger partial charge in [0, 0.05) is 5.28 Å². The molecule has 0 heterocycles. The van der Waals surface area contributed by atoms with E-state index in [9.17, 15) is 0 Å². The second-order valence-corrected chi connectivity index (χ2v) is 2.63. The summed E-state index contributed by atoms with van der Waals surface area (Å²) in [6.07, 6.45) is 9.13. The molecule has 3 heteroatoms. The summed E-state index contributed by atoms with van der Waals surface area (Å²) in [6, 6.07) is 0. The highest BCUT2D eigenvalue weighted by Crippen LogP contribution is 2.19. The van der Waals surface area contributed by atoms with Crippen molar-refractivity contribution in [2.45, 2.75) is 18.9 Å². The van der Waals surface area contributed by atoms with Crippen LogP contribution in [0.3, 0.4) is 0 Å². The van der Waals surface area contributed by atoms with E-state index in [1.165, 1.54) is 7.11 Å². The third-order valence-electron chi connectivity index (χ3n) is 1.52. The van der Waals surface area contributed by atoms with Gasteiger partial charge < -0.3 is 4.84 Å². The molecular formula is C8H12N2O. The summed E-state index contributed by atoms with van der Waals surface area (Å²) in [5.41, 5.74) is -0.297. The van der Waals surface area contributed by atoms with Crippen LogP contribution in [0.15, 0.2) is 34.7 Å². The van der Waals surface area contributed by atoms with E-state index in [2.05, 4.69) is 27.4 Å². The van der Waals surface area contributed by atoms with Crippen LogP contribution >= 0.6 is 0 Å². The SMILES string of the molecule is CO/N=N/C1(C)C=CCC=C1. The first-order valence-electron chi connectivity index (χ1n) is 3.57. The van der Waals surface area contributed by atoms with Gasteiger partial charge in [0.05, 0.1) is 0 Å². The lowest BCUT2D eigenvalue weighted by Crippen LogP contribution is -2.15. The molecule has 1 aliphatic rings. The average molecular weight is 152 g/mol. The Hall–Kier alpha value is -1.12. The Balaban J connectivity index is 2.65. The van der Waals surface area contributed by atoms with Crippen molar-refractivity contribution in [3.8, 4) is 0 Å². The van der Waals surface area contributed by atoms with E-state index in [0.717, 1.165) is 6.42 Å². The minimum atomic E-state index is -0.297. The molecule has 0 aromatic rings. The number of hydrogen-bond acceptors (Lipinski definition) is 3. The molecule has 0 fully saturated rings. The van der Waals surface area contributed by atoms with Crippen LogP contribution in [0.25, 0.3) is 0 Å². The average Bonchev–Trinajstić information content (AvgIpc) is 2.03. The lowest BCUT2D eigenvalue weighted by atomic mass is 9.98. The molecule has 60 valence electrons. The maximum atomic E-state index is 4.50. The Bertz CT molecular complexity index is 194. The molecule has 0 saturated carbocycles. The van der Waals surface area contributed by atoms with Gasteiger partial charge in [-0.15, -0.1) is 5.11 Å². The van der Waals surface area contributed by atoms with Crippen LogP contribution in [0, 0.1) is 0 Å². The molecule has 0 spiro atoms. The second kappa shape index (κ2) is 3.32. The van der Waals surface area contributed by atoms with Crippen molar-refractivity contribution in [3.63, 3.8) is 0 Å². The zero-order valence-corrected chi connectivity index (χ0v) is 6.82. The Labute approximate surface area is 66.4 Å². The van der Waals surface area contributed by atoms with E-state index < -0.39 is 0 Å². The molecule has 0 aliphatic heterocycles. The highest BCUT2D eigenvalue weighted by atomic mass is 16.6. The van der Waals surface area contributed by atoms with Crippen molar-refractivity contribution in [3.05, 3.63) is 24.3 Å². The molecule has 0 saturated heterocycles. The zero-order valence-electron chi connectivity index (χ0n) is 6.82. The van der Waals surface area contributed by atoms with Gasteiger partial charge in [0.1, 0.15) is 12.6 Å². The van der Waals surface area contributed by atoms with Gasteiger partial charge in [-0.05, 0) is 13.3 Å². The van der Waals surface area contributed by atoms with E-state index in [0.29, 0.717) is 0 Å². The third-order valence-corrected chi connectivity index (χ3v) is 1.52. The van der Waals surface area contributed by atoms with Crippen molar-refractivity contribution in [2.75, 3.05) is 7.11 Å². The summed E-state index contributed by atoms with van der Waals surface area (Å²) in [5, 5.41) is 7.45. The van der Waals surface area contributed by atoms with Crippen molar-refractivity contribution >= 4 is 0 Å². The quantitative estimate of drug-likeness (QED) is 0.339. The van der Waals surface area contributed by atoms with Gasteiger partial charge in [-0.1, -0.05) is 24.3 Å². The highest BCUT2D eigenvalue weighted by Gasteiger charge is 2.17. The van der Waals surface area contributed by atoms with Crippen LogP contribution in [0.4, 0.5) is 0 Å². The van der Waals surface area contributed by atoms with E-state index >= 15 is 0 Å². The van der Waals surface area contributed by atoms with Gasteiger partial charge in [-0.2, -0.15) is 0 Å². The Morgan fingerprint density at radius 1 is 1.36 bits per heavy atom. The molecule has 0 amide bonds. The Morgan fingerprint density at radius 2 is 2.00 bits per heavy atom. The predicted octanol–water partition coefficient (Wildman–Crippen LogP) is 2.27. The maximum absolute atomic E-state index is 4.50. The van der Waals surface area contributed by atoms with Crippen LogP contribution in [0.1, 0.15) is 13.3 Å². The normalized spacial score (nSPS) is 20.9. The van der Waals surface area contributed by atoms with Gasteiger partial charge in [-0.25, -0.2) is 0 Å². The fourth-order valence-electron chi connectivity index (χ4n) is 0.943. The molecule has 0 atom stereocenters. The summed E-state index contributed by atoms with van der Waals surface area (Å²) in [5.74, 6) is 0. The van der Waals surface area contributed by atoms with E-state index in [-0.39, 0.29) is 5.54 Å². The molecule has 11 heavy (non-hydrogen) atoms. The van der Waals surface area contributed by atoms with Gasteiger partial charge in [0.2, 0.25) is 0 Å². The molecule has 0 bridgehead atoms. The van der Waals surface area contributed by atoms with Crippen LogP contribution in [0.5, 0.6) is 0 Å². The van der Waals surface area contributed by atoms with Gasteiger partial charge in [0.25, 0.3) is 0 Å². The number of rotatable bonds is 2. The minimum Gasteiger partial charge on any atom is -0.383 e. The minimum absolute atomic E-state index is 0.297. The zero-order chi connectivity index (χ0) is 8.16. The molecular weight excluding hydrogens is 140 g/mol. The topological polar surface area (TPSA) is 34.0 Å². The van der Waals surface area contributed by atoms with Gasteiger partial charge in [0.15, 0.2) is 0 Å². The number of hydrogen-bond donors (Lipinski definition) is 0. The van der Waals surface area contributed by atoms with E-state index in [1.54, 1.807) is 0 Å². The lowest BCUT2D eigenvalue weighted by Gasteiger charge is -2.15. The summed E-state index contributed by atoms with van der Waals surface area (Å²) in [6.45, 7) is 1.97. The third kappa shape index (κ3) is 2.18. The van der Waals surface area contributed by atoms with Gasteiger partial charge in [-0.3, -0.25) is 0 Å². The largest absolute Gasteiger partial charge is 0.383 e. The summed E-state index contributed by atoms with van der Waals surface area (Å²) in [7, 11) is 1.49. The summed E-state index contributed by atoms with van der Waals surface area (Å²) >= 11 is 0. The van der Waals surface area contributed by atoms with Crippen LogP contribution in [-0.2, 0) is 4.84 Å². The Morgan fingerprint density at radius 3 is 2.55 bits per heavy atom. The van der Waals surface area contributed by atoms with E-state index in [1.807, 2.05) is 19.1 Å². The van der Waals surface area contributed by atoms with Crippen molar-refractivity contribution in [1.82, 2.24) is 0 Å². The molecule has 1 aliphatic carbocycles. The summed E-state index contributed by atoms with van der Waals surface area (Å²) < 4.78 is 0. The molecule has 0 radical (unpaired) electrons. The number of allylic oxidation sites excluding steroid dienone is 2. The van der Waals surface area contributed by atoms with Crippen molar-refractivity contribution < 1.29 is 4.84 Å². The first-order chi connectivity index (χ1) is 5.27. The van der Waals surface area contributed by atoms with Crippen LogP contribution in [-0.4, -0.2) is 12.6 Å². The fourth-order valence-corrected chi connectivity index (χ4v) is 0.943. The monoisotopic (exact) mass is 152 g/mol. The van der Waals surface area contributed by atoms with Gasteiger partial charge >= 0.3 is 0 Å². The van der Waals surface area contributed by atoms with Crippen LogP contribution < -0.4 is 0 Å². The van der Waals surface area contributed by atoms with Crippen molar-refractivity contribution in [2.24, 2.45) is 10.4 Å². The molecule has 0 aromatic heterocycles. The summed E-state index contributed by atoms with van der Waals surface area (Å²) in [4.78, 5) is 4.50. The maximum Gasteiger partial charge on any atom is 0.118 e. The molecule has 0 aromatic carbocycles. The first kappa shape index (κ1) is 7.98. The van der Waals surface area contributed by atoms with Crippen LogP contribution in [0.2, 0.25) is 0 Å². The fraction of sp³-hybridized carbons (Fsp3) is 0.500. The molecule has 0 unspecified atom stereocenters. The highest BCUT2D eigenvalue weighted by molar-refractivity contribution is 5.21. The second-order valence-electron chi connectivity index (χ2n) is 2.63. The van der Waals surface area contributed by atoms with E-state index in [4.69, 9.17) is 0 Å². The Kier molecular flexibility index (Phi) is 2.41. The lowest BCUT2D eigenvalue weighted by molar-refractivity contribution is 0.179.